The van der Waals surface area contributed by atoms with Crippen LogP contribution in [-0.2, 0) is 4.79 Å². The molecule has 0 aliphatic rings. The number of hydrogen-bond acceptors (Lipinski definition) is 2. The van der Waals surface area contributed by atoms with Gasteiger partial charge in [0.1, 0.15) is 5.78 Å². The molecule has 0 aromatic heterocycles. The average Bonchev–Trinajstić information content (AvgIpc) is 2.11. The molecule has 0 amide bonds. The van der Waals surface area contributed by atoms with Crippen LogP contribution in [0.3, 0.4) is 0 Å². The molecule has 0 spiro atoms. The average molecular weight is 179 g/mol. The molecule has 2 heteroatoms. The fourth-order valence-electron chi connectivity index (χ4n) is 0.705. The summed E-state index contributed by atoms with van der Waals surface area (Å²) in [5, 5.41) is 0. The van der Waals surface area contributed by atoms with Gasteiger partial charge in [0.05, 0.1) is 0 Å². The van der Waals surface area contributed by atoms with Crippen LogP contribution in [0.2, 0.25) is 0 Å². The van der Waals surface area contributed by atoms with Crippen LogP contribution in [0, 0.1) is 5.92 Å². The van der Waals surface area contributed by atoms with E-state index >= 15 is 0 Å². The second-order valence-corrected chi connectivity index (χ2v) is 3.03. The van der Waals surface area contributed by atoms with E-state index in [1.165, 1.54) is 0 Å². The zero-order valence-corrected chi connectivity index (χ0v) is 8.50. The maximum Gasteiger partial charge on any atom is 0.136 e. The van der Waals surface area contributed by atoms with Crippen LogP contribution in [-0.4, -0.2) is 5.78 Å². The van der Waals surface area contributed by atoms with E-state index in [9.17, 15) is 4.79 Å². The summed E-state index contributed by atoms with van der Waals surface area (Å²) in [6, 6.07) is 0. The molecule has 0 fully saturated rings. The number of nitrogens with two attached hydrogens (primary N) is 1. The molecule has 0 radical (unpaired) electrons. The summed E-state index contributed by atoms with van der Waals surface area (Å²) in [5.41, 5.74) is 7.01. The van der Waals surface area contributed by atoms with Crippen molar-refractivity contribution in [1.29, 1.82) is 0 Å². The van der Waals surface area contributed by atoms with Crippen molar-refractivity contribution in [2.45, 2.75) is 20.8 Å². The fourth-order valence-corrected chi connectivity index (χ4v) is 0.705. The number of carbonyl (C=O) groups is 1. The monoisotopic (exact) mass is 179 g/mol. The molecule has 72 valence electrons. The quantitative estimate of drug-likeness (QED) is 0.672. The van der Waals surface area contributed by atoms with E-state index in [0.717, 1.165) is 5.57 Å². The van der Waals surface area contributed by atoms with E-state index in [2.05, 4.69) is 6.58 Å². The molecule has 0 saturated heterocycles. The van der Waals surface area contributed by atoms with Crippen LogP contribution in [0.25, 0.3) is 0 Å². The number of ketones is 1. The predicted molar refractivity (Wildman–Crippen MR) is 56.1 cm³/mol. The normalized spacial score (nSPS) is 14.5. The van der Waals surface area contributed by atoms with Crippen LogP contribution in [0.15, 0.2) is 36.1 Å². The van der Waals surface area contributed by atoms with Crippen molar-refractivity contribution in [2.24, 2.45) is 11.7 Å². The topological polar surface area (TPSA) is 43.1 Å². The van der Waals surface area contributed by atoms with Crippen molar-refractivity contribution < 1.29 is 4.79 Å². The SMILES string of the molecule is C=C(/C=C\C(N)=C/C)C(C)C(C)=O. The lowest BCUT2D eigenvalue weighted by atomic mass is 9.98. The Kier molecular flexibility index (Phi) is 4.82. The molecule has 2 N–H and O–H groups in total. The lowest BCUT2D eigenvalue weighted by Crippen LogP contribution is -2.07. The zero-order chi connectivity index (χ0) is 10.4. The van der Waals surface area contributed by atoms with Gasteiger partial charge in [-0.2, -0.15) is 0 Å². The first kappa shape index (κ1) is 11.7. The second kappa shape index (κ2) is 5.36. The van der Waals surface area contributed by atoms with Gasteiger partial charge < -0.3 is 5.73 Å². The van der Waals surface area contributed by atoms with Crippen molar-refractivity contribution in [1.82, 2.24) is 0 Å². The Bertz CT molecular complexity index is 261. The first-order valence-corrected chi connectivity index (χ1v) is 4.28. The summed E-state index contributed by atoms with van der Waals surface area (Å²) in [7, 11) is 0. The maximum atomic E-state index is 11.0. The van der Waals surface area contributed by atoms with Crippen LogP contribution in [0.5, 0.6) is 0 Å². The van der Waals surface area contributed by atoms with E-state index in [1.807, 2.05) is 13.8 Å². The number of Topliss-reactive ketones (excluding diaryl/α,β-unsaturated/α-hetero) is 1. The first-order valence-electron chi connectivity index (χ1n) is 4.28. The summed E-state index contributed by atoms with van der Waals surface area (Å²) in [6.07, 6.45) is 5.32. The van der Waals surface area contributed by atoms with Crippen LogP contribution >= 0.6 is 0 Å². The Labute approximate surface area is 79.8 Å². The largest absolute Gasteiger partial charge is 0.399 e. The molecular weight excluding hydrogens is 162 g/mol. The summed E-state index contributed by atoms with van der Waals surface area (Å²) >= 11 is 0. The Balaban J connectivity index is 4.31. The molecule has 2 nitrogen and oxygen atoms in total. The highest BCUT2D eigenvalue weighted by Gasteiger charge is 2.08. The highest BCUT2D eigenvalue weighted by atomic mass is 16.1. The molecular formula is C11H17NO. The van der Waals surface area contributed by atoms with Gasteiger partial charge in [-0.25, -0.2) is 0 Å². The van der Waals surface area contributed by atoms with Crippen molar-refractivity contribution in [3.05, 3.63) is 36.1 Å². The minimum Gasteiger partial charge on any atom is -0.399 e. The molecule has 0 bridgehead atoms. The minimum absolute atomic E-state index is 0.119. The van der Waals surface area contributed by atoms with Crippen LogP contribution in [0.4, 0.5) is 0 Å². The summed E-state index contributed by atoms with van der Waals surface area (Å²) in [5.74, 6) is -0.00499. The Morgan fingerprint density at radius 2 is 2.00 bits per heavy atom. The summed E-state index contributed by atoms with van der Waals surface area (Å²) in [4.78, 5) is 11.0. The Hall–Kier alpha value is -1.31. The molecule has 0 heterocycles. The lowest BCUT2D eigenvalue weighted by molar-refractivity contribution is -0.119. The maximum absolute atomic E-state index is 11.0. The fraction of sp³-hybridized carbons (Fsp3) is 0.364. The van der Waals surface area contributed by atoms with E-state index < -0.39 is 0 Å². The molecule has 1 atom stereocenters. The highest BCUT2D eigenvalue weighted by molar-refractivity contribution is 5.81. The predicted octanol–water partition coefficient (Wildman–Crippen LogP) is 2.19. The van der Waals surface area contributed by atoms with E-state index in [0.29, 0.717) is 5.70 Å². The van der Waals surface area contributed by atoms with Gasteiger partial charge in [-0.3, -0.25) is 4.79 Å². The third-order valence-electron chi connectivity index (χ3n) is 1.99. The van der Waals surface area contributed by atoms with Gasteiger partial charge in [-0.15, -0.1) is 0 Å². The van der Waals surface area contributed by atoms with Crippen molar-refractivity contribution in [3.8, 4) is 0 Å². The standard InChI is InChI=1S/C11H17NO/c1-5-11(12)7-6-8(2)9(3)10(4)13/h5-7,9H,2,12H2,1,3-4H3/b7-6-,11-5+. The van der Waals surface area contributed by atoms with Crippen LogP contribution < -0.4 is 5.73 Å². The lowest BCUT2D eigenvalue weighted by Gasteiger charge is -2.06. The number of rotatable bonds is 4. The molecule has 0 aliphatic carbocycles. The van der Waals surface area contributed by atoms with Gasteiger partial charge in [0.2, 0.25) is 0 Å². The first-order chi connectivity index (χ1) is 5.99. The van der Waals surface area contributed by atoms with E-state index in [1.54, 1.807) is 25.2 Å². The van der Waals surface area contributed by atoms with Crippen LogP contribution in [0.1, 0.15) is 20.8 Å². The highest BCUT2D eigenvalue weighted by Crippen LogP contribution is 2.10. The van der Waals surface area contributed by atoms with Gasteiger partial charge in [0, 0.05) is 11.6 Å². The zero-order valence-electron chi connectivity index (χ0n) is 8.50. The van der Waals surface area contributed by atoms with Crippen molar-refractivity contribution in [2.75, 3.05) is 0 Å². The molecule has 0 aliphatic heterocycles. The summed E-state index contributed by atoms with van der Waals surface area (Å²) in [6.45, 7) is 9.04. The van der Waals surface area contributed by atoms with Crippen molar-refractivity contribution >= 4 is 5.78 Å². The van der Waals surface area contributed by atoms with E-state index in [4.69, 9.17) is 5.73 Å². The van der Waals surface area contributed by atoms with Crippen molar-refractivity contribution in [3.63, 3.8) is 0 Å². The molecule has 13 heavy (non-hydrogen) atoms. The smallest absolute Gasteiger partial charge is 0.136 e. The molecule has 0 aromatic rings. The number of hydrogen-bond donors (Lipinski definition) is 1. The number of carbonyl (C=O) groups excluding carboxylic acids is 1. The van der Waals surface area contributed by atoms with Gasteiger partial charge in [-0.1, -0.05) is 25.7 Å². The van der Waals surface area contributed by atoms with Gasteiger partial charge in [-0.05, 0) is 25.5 Å². The number of allylic oxidation sites excluding steroid dienone is 4. The molecule has 0 aromatic carbocycles. The Morgan fingerprint density at radius 1 is 1.46 bits per heavy atom. The van der Waals surface area contributed by atoms with Gasteiger partial charge >= 0.3 is 0 Å². The second-order valence-electron chi connectivity index (χ2n) is 3.03. The Morgan fingerprint density at radius 3 is 2.38 bits per heavy atom. The summed E-state index contributed by atoms with van der Waals surface area (Å²) < 4.78 is 0. The van der Waals surface area contributed by atoms with Gasteiger partial charge in [0.15, 0.2) is 0 Å². The third-order valence-corrected chi connectivity index (χ3v) is 1.99. The molecule has 0 rings (SSSR count). The van der Waals surface area contributed by atoms with Gasteiger partial charge in [0.25, 0.3) is 0 Å². The molecule has 0 saturated carbocycles. The third kappa shape index (κ3) is 4.31. The molecule has 1 unspecified atom stereocenters. The van der Waals surface area contributed by atoms with E-state index in [-0.39, 0.29) is 11.7 Å². The minimum atomic E-state index is -0.124.